The van der Waals surface area contributed by atoms with E-state index in [1.54, 1.807) is 29.6 Å². The molecule has 4 aromatic rings. The molecule has 268 valence electrons. The fourth-order valence-electron chi connectivity index (χ4n) is 3.92. The third-order valence-corrected chi connectivity index (χ3v) is 9.57. The van der Waals surface area contributed by atoms with Crippen molar-refractivity contribution in [1.29, 1.82) is 0 Å². The summed E-state index contributed by atoms with van der Waals surface area (Å²) in [6.07, 6.45) is 0.836. The Kier molecular flexibility index (Phi) is 14.8. The molecule has 4 heterocycles. The van der Waals surface area contributed by atoms with Gasteiger partial charge in [0, 0.05) is 23.8 Å². The van der Waals surface area contributed by atoms with Crippen molar-refractivity contribution in [3.8, 4) is 0 Å². The molecule has 51 heavy (non-hydrogen) atoms. The molecule has 14 nitrogen and oxygen atoms in total. The van der Waals surface area contributed by atoms with Crippen LogP contribution in [0.15, 0.2) is 59.3 Å². The number of benzene rings is 2. The van der Waals surface area contributed by atoms with Crippen molar-refractivity contribution in [2.75, 3.05) is 22.1 Å². The molecule has 0 radical (unpaired) electrons. The van der Waals surface area contributed by atoms with E-state index in [1.165, 1.54) is 46.9 Å². The summed E-state index contributed by atoms with van der Waals surface area (Å²) in [6, 6.07) is 11.2. The Hall–Kier alpha value is -4.92. The van der Waals surface area contributed by atoms with Gasteiger partial charge in [-0.15, -0.1) is 22.7 Å². The van der Waals surface area contributed by atoms with Crippen LogP contribution in [-0.2, 0) is 35.6 Å². The molecule has 0 saturated carbocycles. The molecular formula is C31H30F2N8O6S4. The van der Waals surface area contributed by atoms with Crippen LogP contribution in [0, 0.1) is 11.6 Å². The van der Waals surface area contributed by atoms with E-state index in [-0.39, 0.29) is 65.3 Å². The Morgan fingerprint density at radius 1 is 0.804 bits per heavy atom. The first-order valence-corrected chi connectivity index (χ1v) is 18.6. The van der Waals surface area contributed by atoms with Gasteiger partial charge >= 0.3 is 12.1 Å². The number of hydrogen-bond donors (Lipinski definition) is 5. The van der Waals surface area contributed by atoms with Crippen LogP contribution in [0.3, 0.4) is 0 Å². The Balaban J connectivity index is 0.000000197. The molecule has 0 bridgehead atoms. The average Bonchev–Trinajstić information content (AvgIpc) is 3.90. The molecule has 0 atom stereocenters. The van der Waals surface area contributed by atoms with Crippen molar-refractivity contribution in [3.63, 3.8) is 0 Å². The van der Waals surface area contributed by atoms with Gasteiger partial charge in [0.1, 0.15) is 11.6 Å². The normalized spacial score (nSPS) is 13.4. The summed E-state index contributed by atoms with van der Waals surface area (Å²) in [5.41, 5.74) is 2.82. The fraction of sp³-hybridized carbons (Fsp3) is 0.226. The number of imide groups is 2. The molecule has 8 amide bonds. The second-order valence-corrected chi connectivity index (χ2v) is 13.8. The maximum Gasteiger partial charge on any atom is 0.321 e. The Labute approximate surface area is 306 Å². The van der Waals surface area contributed by atoms with E-state index in [0.717, 1.165) is 40.5 Å². The van der Waals surface area contributed by atoms with Gasteiger partial charge < -0.3 is 10.6 Å². The summed E-state index contributed by atoms with van der Waals surface area (Å²) in [5, 5.41) is 16.5. The minimum absolute atomic E-state index is 0.0910. The number of carbonyl (C=O) groups excluding carboxylic acids is 6. The van der Waals surface area contributed by atoms with Gasteiger partial charge in [0.2, 0.25) is 11.8 Å². The summed E-state index contributed by atoms with van der Waals surface area (Å²) in [5.74, 6) is -0.670. The third kappa shape index (κ3) is 13.4. The number of urea groups is 2. The van der Waals surface area contributed by atoms with E-state index in [2.05, 4.69) is 36.6 Å². The minimum atomic E-state index is -0.478. The standard InChI is InChI=1S/C15H13FN4O3S2.C13H14FN3OS.C3H3NO2S/c16-10-3-1-2-9(4-10)5-17-13(22)19-14-18-11(7-24-14)6-20-12(21)8-25-15(20)23;1-2-11-8-19-13(16-11)17-12(18)15-7-9-4-3-5-10(14)6-9;5-2-1-7-3(6)4-2/h1-4,7H,5-6,8H2,(H2,17,18,19,22);3-6,8H,2,7H2,1H3,(H2,15,16,17,18);1H2,(H,4,5,6). The smallest absolute Gasteiger partial charge is 0.321 e. The number of rotatable bonds is 9. The van der Waals surface area contributed by atoms with Gasteiger partial charge in [-0.1, -0.05) is 54.7 Å². The number of amides is 8. The lowest BCUT2D eigenvalue weighted by atomic mass is 10.2. The van der Waals surface area contributed by atoms with Gasteiger partial charge in [0.25, 0.3) is 10.5 Å². The molecule has 2 fully saturated rings. The largest absolute Gasteiger partial charge is 0.334 e. The van der Waals surface area contributed by atoms with Gasteiger partial charge in [0.05, 0.1) is 29.4 Å². The fourth-order valence-corrected chi connectivity index (χ4v) is 6.65. The van der Waals surface area contributed by atoms with Crippen molar-refractivity contribution in [2.24, 2.45) is 0 Å². The second kappa shape index (κ2) is 19.5. The van der Waals surface area contributed by atoms with Gasteiger partial charge in [-0.25, -0.2) is 28.3 Å². The van der Waals surface area contributed by atoms with E-state index in [9.17, 15) is 37.5 Å². The van der Waals surface area contributed by atoms with Crippen molar-refractivity contribution in [1.82, 2.24) is 30.8 Å². The van der Waals surface area contributed by atoms with Gasteiger partial charge in [0.15, 0.2) is 10.3 Å². The van der Waals surface area contributed by atoms with Crippen LogP contribution in [0.5, 0.6) is 0 Å². The SMILES string of the molecule is CCc1csc(NC(=O)NCc2cccc(F)c2)n1.O=C(NCc1cccc(F)c1)Nc1nc(CN2C(=O)CSC2=O)cs1.O=C1CSC(=O)N1. The van der Waals surface area contributed by atoms with E-state index in [1.807, 2.05) is 12.3 Å². The highest BCUT2D eigenvalue weighted by molar-refractivity contribution is 8.15. The topological polar surface area (TPSA) is 192 Å². The first-order chi connectivity index (χ1) is 24.5. The van der Waals surface area contributed by atoms with Crippen LogP contribution < -0.4 is 26.6 Å². The number of nitrogens with one attached hydrogen (secondary N) is 5. The molecule has 20 heteroatoms. The van der Waals surface area contributed by atoms with Gasteiger partial charge in [-0.2, -0.15) is 0 Å². The number of aryl methyl sites for hydroxylation is 1. The van der Waals surface area contributed by atoms with E-state index in [4.69, 9.17) is 0 Å². The lowest BCUT2D eigenvalue weighted by Crippen LogP contribution is -2.29. The van der Waals surface area contributed by atoms with Crippen LogP contribution in [-0.4, -0.2) is 60.7 Å². The van der Waals surface area contributed by atoms with Crippen LogP contribution in [0.2, 0.25) is 0 Å². The maximum atomic E-state index is 13.1. The monoisotopic (exact) mass is 776 g/mol. The number of anilines is 2. The van der Waals surface area contributed by atoms with E-state index in [0.29, 0.717) is 32.8 Å². The van der Waals surface area contributed by atoms with E-state index >= 15 is 0 Å². The number of thioether (sulfide) groups is 2. The molecule has 2 aliphatic heterocycles. The molecular weight excluding hydrogens is 747 g/mol. The number of aromatic nitrogens is 2. The molecule has 6 rings (SSSR count). The molecule has 2 aromatic heterocycles. The molecule has 2 aromatic carbocycles. The number of hydrogen-bond acceptors (Lipinski definition) is 12. The summed E-state index contributed by atoms with van der Waals surface area (Å²) in [6.45, 7) is 2.54. The predicted octanol–water partition coefficient (Wildman–Crippen LogP) is 5.94. The summed E-state index contributed by atoms with van der Waals surface area (Å²) in [7, 11) is 0. The quantitative estimate of drug-likeness (QED) is 0.136. The molecule has 2 aliphatic rings. The highest BCUT2D eigenvalue weighted by Crippen LogP contribution is 2.23. The van der Waals surface area contributed by atoms with Crippen molar-refractivity contribution in [3.05, 3.63) is 93.4 Å². The molecule has 0 spiro atoms. The van der Waals surface area contributed by atoms with Crippen LogP contribution in [0.25, 0.3) is 0 Å². The summed E-state index contributed by atoms with van der Waals surface area (Å²) >= 11 is 4.54. The molecule has 0 unspecified atom stereocenters. The lowest BCUT2D eigenvalue weighted by Gasteiger charge is -2.10. The van der Waals surface area contributed by atoms with Gasteiger partial charge in [-0.3, -0.25) is 40.0 Å². The number of halogens is 2. The number of nitrogens with zero attached hydrogens (tertiary/aromatic N) is 3. The molecule has 0 aliphatic carbocycles. The zero-order valence-electron chi connectivity index (χ0n) is 26.7. The number of thiazole rings is 2. The average molecular weight is 777 g/mol. The Morgan fingerprint density at radius 3 is 1.76 bits per heavy atom. The zero-order chi connectivity index (χ0) is 36.8. The van der Waals surface area contributed by atoms with Crippen molar-refractivity contribution in [2.45, 2.75) is 33.0 Å². The first-order valence-electron chi connectivity index (χ1n) is 14.9. The summed E-state index contributed by atoms with van der Waals surface area (Å²) < 4.78 is 26.0. The second-order valence-electron chi connectivity index (χ2n) is 10.2. The Bertz CT molecular complexity index is 1860. The third-order valence-electron chi connectivity index (χ3n) is 6.33. The van der Waals surface area contributed by atoms with Crippen LogP contribution >= 0.6 is 46.2 Å². The lowest BCUT2D eigenvalue weighted by molar-refractivity contribution is -0.125. The van der Waals surface area contributed by atoms with Crippen molar-refractivity contribution < 1.29 is 37.5 Å². The first kappa shape index (κ1) is 38.9. The van der Waals surface area contributed by atoms with Crippen molar-refractivity contribution >= 4 is 90.8 Å². The maximum absolute atomic E-state index is 13.1. The highest BCUT2D eigenvalue weighted by Gasteiger charge is 2.30. The van der Waals surface area contributed by atoms with E-state index < -0.39 is 6.03 Å². The van der Waals surface area contributed by atoms with Crippen LogP contribution in [0.4, 0.5) is 38.2 Å². The Morgan fingerprint density at radius 2 is 1.35 bits per heavy atom. The van der Waals surface area contributed by atoms with Gasteiger partial charge in [-0.05, 0) is 41.8 Å². The predicted molar refractivity (Wildman–Crippen MR) is 193 cm³/mol. The summed E-state index contributed by atoms with van der Waals surface area (Å²) in [4.78, 5) is 76.3. The molecule has 2 saturated heterocycles. The van der Waals surface area contributed by atoms with Crippen LogP contribution in [0.1, 0.15) is 29.4 Å². The minimum Gasteiger partial charge on any atom is -0.334 e. The zero-order valence-corrected chi connectivity index (χ0v) is 30.0. The molecule has 5 N–H and O–H groups in total. The highest BCUT2D eigenvalue weighted by atomic mass is 32.2. The number of carbonyl (C=O) groups is 6.